The maximum Gasteiger partial charge on any atom is 0.319 e. The van der Waals surface area contributed by atoms with Crippen molar-refractivity contribution >= 4 is 12.1 Å². The highest BCUT2D eigenvalue weighted by Crippen LogP contribution is 2.25. The molecule has 1 rings (SSSR count). The van der Waals surface area contributed by atoms with Crippen LogP contribution in [-0.2, 0) is 4.79 Å². The molecule has 1 aliphatic rings. The van der Waals surface area contributed by atoms with E-state index in [0.29, 0.717) is 25.9 Å². The van der Waals surface area contributed by atoms with E-state index in [2.05, 4.69) is 4.99 Å². The van der Waals surface area contributed by atoms with Crippen molar-refractivity contribution in [3.05, 3.63) is 0 Å². The van der Waals surface area contributed by atoms with Gasteiger partial charge in [-0.2, -0.15) is 10.3 Å². The first kappa shape index (κ1) is 12.2. The maximum absolute atomic E-state index is 11.6. The molecule has 1 heterocycles. The Labute approximate surface area is 94.1 Å². The Kier molecular flexibility index (Phi) is 3.64. The zero-order valence-electron chi connectivity index (χ0n) is 9.43. The molecule has 0 aromatic heterocycles. The van der Waals surface area contributed by atoms with Crippen molar-refractivity contribution in [2.24, 2.45) is 4.99 Å². The number of hydrogen-bond donors (Lipinski definition) is 0. The summed E-state index contributed by atoms with van der Waals surface area (Å²) >= 11 is 0. The highest BCUT2D eigenvalue weighted by molar-refractivity contribution is 5.74. The van der Waals surface area contributed by atoms with Crippen LogP contribution in [0.2, 0.25) is 0 Å². The number of nitriles is 1. The molecule has 0 atom stereocenters. The van der Waals surface area contributed by atoms with Crippen LogP contribution in [0.5, 0.6) is 0 Å². The molecule has 6 nitrogen and oxygen atoms in total. The van der Waals surface area contributed by atoms with Crippen molar-refractivity contribution in [2.45, 2.75) is 18.4 Å². The minimum Gasteiger partial charge on any atom is -0.331 e. The number of aliphatic imine (C=N–C) groups is 1. The van der Waals surface area contributed by atoms with E-state index in [9.17, 15) is 9.59 Å². The van der Waals surface area contributed by atoms with E-state index in [0.717, 1.165) is 0 Å². The average Bonchev–Trinajstić information content (AvgIpc) is 2.29. The second-order valence-electron chi connectivity index (χ2n) is 4.01. The minimum absolute atomic E-state index is 0.0818. The second kappa shape index (κ2) is 4.77. The molecule has 1 fully saturated rings. The lowest BCUT2D eigenvalue weighted by Crippen LogP contribution is -2.48. The molecule has 16 heavy (non-hydrogen) atoms. The van der Waals surface area contributed by atoms with Gasteiger partial charge in [0.2, 0.25) is 6.08 Å². The van der Waals surface area contributed by atoms with Gasteiger partial charge in [-0.25, -0.2) is 9.59 Å². The fourth-order valence-electron chi connectivity index (χ4n) is 1.69. The third-order valence-corrected chi connectivity index (χ3v) is 2.71. The lowest BCUT2D eigenvalue weighted by Gasteiger charge is -2.35. The van der Waals surface area contributed by atoms with Gasteiger partial charge in [0.1, 0.15) is 0 Å². The van der Waals surface area contributed by atoms with Crippen molar-refractivity contribution in [3.8, 4) is 6.07 Å². The van der Waals surface area contributed by atoms with Gasteiger partial charge < -0.3 is 9.80 Å². The lowest BCUT2D eigenvalue weighted by molar-refractivity contribution is 0.149. The third kappa shape index (κ3) is 2.38. The van der Waals surface area contributed by atoms with Crippen molar-refractivity contribution in [1.82, 2.24) is 9.80 Å². The lowest BCUT2D eigenvalue weighted by atomic mass is 9.90. The van der Waals surface area contributed by atoms with Gasteiger partial charge in [-0.1, -0.05) is 0 Å². The smallest absolute Gasteiger partial charge is 0.319 e. The molecule has 0 unspecified atom stereocenters. The van der Waals surface area contributed by atoms with Crippen LogP contribution < -0.4 is 0 Å². The van der Waals surface area contributed by atoms with Crippen molar-refractivity contribution < 1.29 is 9.59 Å². The molecular weight excluding hydrogens is 208 g/mol. The number of amides is 2. The molecule has 0 saturated carbocycles. The summed E-state index contributed by atoms with van der Waals surface area (Å²) in [6.07, 6.45) is 2.21. The fourth-order valence-corrected chi connectivity index (χ4v) is 1.69. The molecule has 0 spiro atoms. The molecule has 6 heteroatoms. The molecule has 2 amide bonds. The van der Waals surface area contributed by atoms with Gasteiger partial charge in [-0.15, -0.1) is 0 Å². The topological polar surface area (TPSA) is 76.8 Å². The van der Waals surface area contributed by atoms with Crippen molar-refractivity contribution in [1.29, 1.82) is 5.26 Å². The molecule has 1 saturated heterocycles. The summed E-state index contributed by atoms with van der Waals surface area (Å²) in [5, 5.41) is 8.97. The van der Waals surface area contributed by atoms with Gasteiger partial charge in [-0.05, 0) is 0 Å². The summed E-state index contributed by atoms with van der Waals surface area (Å²) in [6.45, 7) is 0.880. The summed E-state index contributed by atoms with van der Waals surface area (Å²) in [5.74, 6) is 0. The molecule has 0 bridgehead atoms. The predicted octanol–water partition coefficient (Wildman–Crippen LogP) is 0.362. The molecule has 0 N–H and O–H groups in total. The summed E-state index contributed by atoms with van der Waals surface area (Å²) in [7, 11) is 3.36. The summed E-state index contributed by atoms with van der Waals surface area (Å²) in [6, 6.07) is 1.94. The SMILES string of the molecule is CN(C)C(=O)N1CCC(C#N)(N=C=O)CC1. The minimum atomic E-state index is -0.981. The van der Waals surface area contributed by atoms with Gasteiger partial charge in [0.15, 0.2) is 5.54 Å². The van der Waals surface area contributed by atoms with Crippen LogP contribution >= 0.6 is 0 Å². The van der Waals surface area contributed by atoms with E-state index in [1.54, 1.807) is 19.0 Å². The van der Waals surface area contributed by atoms with E-state index in [1.807, 2.05) is 6.07 Å². The van der Waals surface area contributed by atoms with E-state index in [-0.39, 0.29) is 6.03 Å². The monoisotopic (exact) mass is 222 g/mol. The first-order valence-electron chi connectivity index (χ1n) is 5.01. The van der Waals surface area contributed by atoms with Crippen LogP contribution in [0, 0.1) is 11.3 Å². The molecule has 0 aliphatic carbocycles. The predicted molar refractivity (Wildman–Crippen MR) is 56.4 cm³/mol. The Hall–Kier alpha value is -1.86. The van der Waals surface area contributed by atoms with Crippen molar-refractivity contribution in [2.75, 3.05) is 27.2 Å². The molecule has 0 radical (unpaired) electrons. The standard InChI is InChI=1S/C10H14N4O2/c1-13(2)9(16)14-5-3-10(7-11,4-6-14)12-8-15/h3-6H2,1-2H3. The van der Waals surface area contributed by atoms with Gasteiger partial charge in [-0.3, -0.25) is 0 Å². The number of carbonyl (C=O) groups is 1. The molecule has 0 aromatic rings. The normalized spacial score (nSPS) is 18.2. The molecule has 86 valence electrons. The van der Waals surface area contributed by atoms with Gasteiger partial charge >= 0.3 is 6.03 Å². The highest BCUT2D eigenvalue weighted by Gasteiger charge is 2.36. The Balaban J connectivity index is 2.67. The summed E-state index contributed by atoms with van der Waals surface area (Å²) in [4.78, 5) is 28.5. The first-order valence-corrected chi connectivity index (χ1v) is 5.01. The maximum atomic E-state index is 11.6. The van der Waals surface area contributed by atoms with E-state index in [4.69, 9.17) is 5.26 Å². The van der Waals surface area contributed by atoms with Gasteiger partial charge in [0, 0.05) is 40.0 Å². The van der Waals surface area contributed by atoms with Crippen LogP contribution in [0.4, 0.5) is 4.79 Å². The van der Waals surface area contributed by atoms with Crippen LogP contribution in [-0.4, -0.2) is 54.6 Å². The summed E-state index contributed by atoms with van der Waals surface area (Å²) in [5.41, 5.74) is -0.981. The largest absolute Gasteiger partial charge is 0.331 e. The number of likely N-dealkylation sites (tertiary alicyclic amines) is 1. The Morgan fingerprint density at radius 3 is 2.38 bits per heavy atom. The summed E-state index contributed by atoms with van der Waals surface area (Å²) < 4.78 is 0. The number of urea groups is 1. The molecule has 0 aromatic carbocycles. The number of piperidine rings is 1. The van der Waals surface area contributed by atoms with E-state index >= 15 is 0 Å². The zero-order chi connectivity index (χ0) is 12.2. The highest BCUT2D eigenvalue weighted by atomic mass is 16.2. The van der Waals surface area contributed by atoms with Crippen LogP contribution in [0.25, 0.3) is 0 Å². The van der Waals surface area contributed by atoms with Crippen molar-refractivity contribution in [3.63, 3.8) is 0 Å². The van der Waals surface area contributed by atoms with Crippen LogP contribution in [0.15, 0.2) is 4.99 Å². The number of rotatable bonds is 1. The first-order chi connectivity index (χ1) is 7.54. The third-order valence-electron chi connectivity index (χ3n) is 2.71. The Bertz CT molecular complexity index is 358. The average molecular weight is 222 g/mol. The van der Waals surface area contributed by atoms with E-state index in [1.165, 1.54) is 11.0 Å². The Morgan fingerprint density at radius 2 is 2.00 bits per heavy atom. The molecule has 1 aliphatic heterocycles. The molecular formula is C10H14N4O2. The van der Waals surface area contributed by atoms with E-state index < -0.39 is 5.54 Å². The number of isocyanates is 1. The van der Waals surface area contributed by atoms with Gasteiger partial charge in [0.25, 0.3) is 0 Å². The number of nitrogens with zero attached hydrogens (tertiary/aromatic N) is 4. The quantitative estimate of drug-likeness (QED) is 0.475. The van der Waals surface area contributed by atoms with Crippen LogP contribution in [0.1, 0.15) is 12.8 Å². The number of carbonyl (C=O) groups excluding carboxylic acids is 2. The fraction of sp³-hybridized carbons (Fsp3) is 0.700. The zero-order valence-corrected chi connectivity index (χ0v) is 9.43. The van der Waals surface area contributed by atoms with Crippen LogP contribution in [0.3, 0.4) is 0 Å². The second-order valence-corrected chi connectivity index (χ2v) is 4.01. The van der Waals surface area contributed by atoms with Gasteiger partial charge in [0.05, 0.1) is 6.07 Å². The Morgan fingerprint density at radius 1 is 1.44 bits per heavy atom. The number of hydrogen-bond acceptors (Lipinski definition) is 4.